The van der Waals surface area contributed by atoms with Crippen LogP contribution in [-0.4, -0.2) is 37.8 Å². The van der Waals surface area contributed by atoms with Crippen molar-refractivity contribution in [2.75, 3.05) is 0 Å². The lowest BCUT2D eigenvalue weighted by Gasteiger charge is -2.27. The summed E-state index contributed by atoms with van der Waals surface area (Å²) in [5, 5.41) is 0.768. The lowest BCUT2D eigenvalue weighted by Crippen LogP contribution is -2.35. The largest absolute Gasteiger partial charge is 0.328 e. The van der Waals surface area contributed by atoms with Crippen molar-refractivity contribution < 1.29 is 4.39 Å². The number of halogens is 1. The molecule has 2 aliphatic heterocycles. The number of benzene rings is 1. The first-order valence-electron chi connectivity index (χ1n) is 9.53. The number of pyridine rings is 1. The predicted molar refractivity (Wildman–Crippen MR) is 107 cm³/mol. The van der Waals surface area contributed by atoms with E-state index in [0.717, 1.165) is 34.6 Å². The minimum absolute atomic E-state index is 0.131. The molecule has 0 fully saturated rings. The third-order valence-corrected chi connectivity index (χ3v) is 5.58. The van der Waals surface area contributed by atoms with Crippen LogP contribution < -0.4 is 0 Å². The number of nitrogens with zero attached hydrogens (tertiary/aromatic N) is 5. The van der Waals surface area contributed by atoms with Gasteiger partial charge in [-0.25, -0.2) is 14.4 Å². The number of hydrogen-bond donors (Lipinski definition) is 0. The Morgan fingerprint density at radius 3 is 2.93 bits per heavy atom. The molecule has 0 saturated heterocycles. The van der Waals surface area contributed by atoms with Crippen molar-refractivity contribution in [3.8, 4) is 0 Å². The lowest BCUT2D eigenvalue weighted by atomic mass is 10.0. The van der Waals surface area contributed by atoms with Crippen molar-refractivity contribution >= 4 is 22.8 Å². The van der Waals surface area contributed by atoms with E-state index in [-0.39, 0.29) is 17.9 Å². The van der Waals surface area contributed by atoms with Crippen molar-refractivity contribution in [2.45, 2.75) is 38.8 Å². The Morgan fingerprint density at radius 2 is 2.04 bits per heavy atom. The van der Waals surface area contributed by atoms with Gasteiger partial charge >= 0.3 is 0 Å². The highest BCUT2D eigenvalue weighted by atomic mass is 19.1. The number of rotatable bonds is 3. The van der Waals surface area contributed by atoms with Gasteiger partial charge in [0.1, 0.15) is 23.0 Å². The monoisotopic (exact) mass is 373 g/mol. The summed E-state index contributed by atoms with van der Waals surface area (Å²) >= 11 is 0. The Bertz CT molecular complexity index is 1140. The Kier molecular flexibility index (Phi) is 3.93. The number of amidine groups is 1. The summed E-state index contributed by atoms with van der Waals surface area (Å²) < 4.78 is 14.2. The Hall–Kier alpha value is -3.15. The Morgan fingerprint density at radius 1 is 1.14 bits per heavy atom. The number of para-hydroxylation sites is 1. The van der Waals surface area contributed by atoms with E-state index in [4.69, 9.17) is 4.99 Å². The summed E-state index contributed by atoms with van der Waals surface area (Å²) in [4.78, 5) is 20.7. The summed E-state index contributed by atoms with van der Waals surface area (Å²) in [5.74, 6) is 1.35. The van der Waals surface area contributed by atoms with Crippen molar-refractivity contribution in [3.63, 3.8) is 0 Å². The zero-order valence-corrected chi connectivity index (χ0v) is 15.8. The zero-order chi connectivity index (χ0) is 19.3. The van der Waals surface area contributed by atoms with Gasteiger partial charge in [0.2, 0.25) is 0 Å². The van der Waals surface area contributed by atoms with E-state index in [0.29, 0.717) is 17.8 Å². The minimum atomic E-state index is -0.301. The van der Waals surface area contributed by atoms with Crippen LogP contribution in [0.3, 0.4) is 0 Å². The molecule has 0 N–H and O–H groups in total. The van der Waals surface area contributed by atoms with Gasteiger partial charge in [0.15, 0.2) is 0 Å². The second kappa shape index (κ2) is 6.48. The van der Waals surface area contributed by atoms with Gasteiger partial charge in [-0.3, -0.25) is 9.98 Å². The number of fused-ring (bicyclic) bond motifs is 4. The number of hydrogen-bond acceptors (Lipinski definition) is 5. The van der Waals surface area contributed by atoms with Crippen LogP contribution in [0.4, 0.5) is 4.39 Å². The first-order valence-corrected chi connectivity index (χ1v) is 9.53. The number of aromatic nitrogens is 3. The third-order valence-electron chi connectivity index (χ3n) is 5.58. The van der Waals surface area contributed by atoms with Gasteiger partial charge in [-0.05, 0) is 44.5 Å². The molecule has 0 bridgehead atoms. The van der Waals surface area contributed by atoms with Gasteiger partial charge in [-0.2, -0.15) is 0 Å². The highest BCUT2D eigenvalue weighted by Crippen LogP contribution is 2.30. The molecule has 6 heteroatoms. The fraction of sp³-hybridized carbons (Fsp3) is 0.273. The first-order chi connectivity index (χ1) is 13.6. The van der Waals surface area contributed by atoms with Crippen molar-refractivity contribution in [3.05, 3.63) is 71.3 Å². The van der Waals surface area contributed by atoms with E-state index in [1.165, 1.54) is 6.07 Å². The normalized spacial score (nSPS) is 20.2. The second-order valence-electron chi connectivity index (χ2n) is 7.32. The highest BCUT2D eigenvalue weighted by molar-refractivity contribution is 6.05. The maximum atomic E-state index is 14.2. The summed E-state index contributed by atoms with van der Waals surface area (Å²) in [7, 11) is 0. The molecule has 0 spiro atoms. The molecule has 0 aliphatic carbocycles. The molecule has 0 amide bonds. The van der Waals surface area contributed by atoms with Crippen LogP contribution in [-0.2, 0) is 6.42 Å². The van der Waals surface area contributed by atoms with E-state index in [2.05, 4.69) is 39.0 Å². The van der Waals surface area contributed by atoms with Crippen LogP contribution in [0.25, 0.3) is 17.0 Å². The first kappa shape index (κ1) is 17.0. The standard InChI is InChI=1S/C22H20FN5/c1-13-15-5-3-7-17(23)21(15)27-20(25-13)9-8-18-14(2)28-12-10-19-16(22(28)26-18)6-4-11-24-19/h3-7,10-12,14,18H,8-9H2,1-2H3. The quantitative estimate of drug-likeness (QED) is 0.699. The molecule has 140 valence electrons. The van der Waals surface area contributed by atoms with Gasteiger partial charge in [-0.15, -0.1) is 0 Å². The molecule has 0 radical (unpaired) electrons. The van der Waals surface area contributed by atoms with Gasteiger partial charge in [0.25, 0.3) is 0 Å². The van der Waals surface area contributed by atoms with Crippen molar-refractivity contribution in [1.29, 1.82) is 0 Å². The van der Waals surface area contributed by atoms with Gasteiger partial charge in [0, 0.05) is 35.5 Å². The van der Waals surface area contributed by atoms with Crippen molar-refractivity contribution in [1.82, 2.24) is 19.9 Å². The van der Waals surface area contributed by atoms with Crippen LogP contribution in [0.5, 0.6) is 0 Å². The fourth-order valence-corrected chi connectivity index (χ4v) is 4.04. The number of aliphatic imine (C=N–C) groups is 1. The molecule has 2 aromatic heterocycles. The molecule has 3 aromatic rings. The van der Waals surface area contributed by atoms with Crippen LogP contribution in [0.15, 0.2) is 47.7 Å². The molecule has 2 unspecified atom stereocenters. The van der Waals surface area contributed by atoms with E-state index < -0.39 is 0 Å². The third kappa shape index (κ3) is 2.68. The van der Waals surface area contributed by atoms with Gasteiger partial charge in [-0.1, -0.05) is 12.1 Å². The average molecular weight is 373 g/mol. The molecular formula is C22H20FN5. The molecule has 28 heavy (non-hydrogen) atoms. The smallest absolute Gasteiger partial charge is 0.149 e. The van der Waals surface area contributed by atoms with Crippen LogP contribution in [0.2, 0.25) is 0 Å². The molecule has 5 rings (SSSR count). The van der Waals surface area contributed by atoms with E-state index in [1.807, 2.05) is 25.1 Å². The van der Waals surface area contributed by atoms with Crippen molar-refractivity contribution in [2.24, 2.45) is 4.99 Å². The van der Waals surface area contributed by atoms with E-state index in [9.17, 15) is 4.39 Å². The summed E-state index contributed by atoms with van der Waals surface area (Å²) in [6.45, 7) is 4.08. The zero-order valence-electron chi connectivity index (χ0n) is 15.8. The molecule has 2 aliphatic rings. The summed E-state index contributed by atoms with van der Waals surface area (Å²) in [5.41, 5.74) is 3.23. The van der Waals surface area contributed by atoms with Gasteiger partial charge < -0.3 is 4.90 Å². The Balaban J connectivity index is 1.41. The molecule has 1 aromatic carbocycles. The SMILES string of the molecule is Cc1nc(CCC2N=C3c4cccnc4C=CN3C2C)nc2c(F)cccc12. The highest BCUT2D eigenvalue weighted by Gasteiger charge is 2.34. The van der Waals surface area contributed by atoms with E-state index in [1.54, 1.807) is 12.3 Å². The molecule has 5 nitrogen and oxygen atoms in total. The topological polar surface area (TPSA) is 54.3 Å². The summed E-state index contributed by atoms with van der Waals surface area (Å²) in [6.07, 6.45) is 7.36. The molecule has 0 saturated carbocycles. The molecule has 2 atom stereocenters. The second-order valence-corrected chi connectivity index (χ2v) is 7.32. The molecule has 4 heterocycles. The van der Waals surface area contributed by atoms with Gasteiger partial charge in [0.05, 0.1) is 17.8 Å². The maximum Gasteiger partial charge on any atom is 0.149 e. The molecular weight excluding hydrogens is 353 g/mol. The average Bonchev–Trinajstić information content (AvgIpc) is 3.03. The maximum absolute atomic E-state index is 14.2. The van der Waals surface area contributed by atoms with Crippen LogP contribution in [0, 0.1) is 12.7 Å². The summed E-state index contributed by atoms with van der Waals surface area (Å²) in [6, 6.07) is 9.38. The Labute approximate surface area is 162 Å². The number of aryl methyl sites for hydroxylation is 2. The van der Waals surface area contributed by atoms with Crippen LogP contribution >= 0.6 is 0 Å². The van der Waals surface area contributed by atoms with Crippen LogP contribution in [0.1, 0.15) is 36.1 Å². The fourth-order valence-electron chi connectivity index (χ4n) is 4.04. The predicted octanol–water partition coefficient (Wildman–Crippen LogP) is 3.91. The minimum Gasteiger partial charge on any atom is -0.328 e. The lowest BCUT2D eigenvalue weighted by molar-refractivity contribution is 0.391. The van der Waals surface area contributed by atoms with E-state index >= 15 is 0 Å².